The third-order valence-corrected chi connectivity index (χ3v) is 1.76. The first-order chi connectivity index (χ1) is 7.67. The van der Waals surface area contributed by atoms with Gasteiger partial charge in [0.15, 0.2) is 0 Å². The van der Waals surface area contributed by atoms with Gasteiger partial charge in [-0.1, -0.05) is 0 Å². The minimum absolute atomic E-state index is 0.0492. The number of nitriles is 1. The van der Waals surface area contributed by atoms with Crippen LogP contribution >= 0.6 is 0 Å². The highest BCUT2D eigenvalue weighted by molar-refractivity contribution is 6.06. The van der Waals surface area contributed by atoms with Gasteiger partial charge in [0, 0.05) is 18.9 Å². The van der Waals surface area contributed by atoms with Crippen LogP contribution in [0.3, 0.4) is 0 Å². The molecule has 0 atom stereocenters. The first kappa shape index (κ1) is 11.7. The molecule has 1 rings (SSSR count). The van der Waals surface area contributed by atoms with Crippen molar-refractivity contribution in [2.45, 2.75) is 0 Å². The largest absolute Gasteiger partial charge is 0.393 e. The van der Waals surface area contributed by atoms with Crippen molar-refractivity contribution in [3.63, 3.8) is 0 Å². The molecule has 16 heavy (non-hydrogen) atoms. The van der Waals surface area contributed by atoms with Crippen LogP contribution in [-0.4, -0.2) is 13.0 Å². The Hall–Kier alpha value is -2.35. The van der Waals surface area contributed by atoms with E-state index < -0.39 is 5.91 Å². The van der Waals surface area contributed by atoms with Crippen LogP contribution in [0.15, 0.2) is 36.0 Å². The van der Waals surface area contributed by atoms with E-state index in [4.69, 9.17) is 5.26 Å². The lowest BCUT2D eigenvalue weighted by Crippen LogP contribution is -2.15. The number of halogens is 1. The van der Waals surface area contributed by atoms with Gasteiger partial charge in [0.05, 0.1) is 0 Å². The molecule has 1 amide bonds. The molecule has 0 spiro atoms. The van der Waals surface area contributed by atoms with Crippen LogP contribution in [0, 0.1) is 17.1 Å². The fraction of sp³-hybridized carbons (Fsp3) is 0.0909. The summed E-state index contributed by atoms with van der Waals surface area (Å²) >= 11 is 0. The molecular formula is C11H10FN3O. The number of benzene rings is 1. The fourth-order valence-corrected chi connectivity index (χ4v) is 1.02. The second-order valence-corrected chi connectivity index (χ2v) is 2.92. The van der Waals surface area contributed by atoms with Crippen LogP contribution < -0.4 is 10.6 Å². The van der Waals surface area contributed by atoms with Gasteiger partial charge in [-0.25, -0.2) is 4.39 Å². The Morgan fingerprint density at radius 2 is 2.06 bits per heavy atom. The molecule has 5 heteroatoms. The first-order valence-electron chi connectivity index (χ1n) is 4.52. The summed E-state index contributed by atoms with van der Waals surface area (Å²) in [6.45, 7) is 0. The van der Waals surface area contributed by atoms with E-state index in [1.165, 1.54) is 30.5 Å². The second-order valence-electron chi connectivity index (χ2n) is 2.92. The molecule has 0 fully saturated rings. The third-order valence-electron chi connectivity index (χ3n) is 1.76. The predicted molar refractivity (Wildman–Crippen MR) is 57.8 cm³/mol. The summed E-state index contributed by atoms with van der Waals surface area (Å²) in [6.07, 6.45) is 1.29. The van der Waals surface area contributed by atoms with Crippen LogP contribution in [-0.2, 0) is 4.79 Å². The van der Waals surface area contributed by atoms with Crippen molar-refractivity contribution in [2.24, 2.45) is 0 Å². The van der Waals surface area contributed by atoms with E-state index in [9.17, 15) is 9.18 Å². The third kappa shape index (κ3) is 3.10. The predicted octanol–water partition coefficient (Wildman–Crippen LogP) is 1.39. The van der Waals surface area contributed by atoms with Crippen molar-refractivity contribution in [2.75, 3.05) is 12.4 Å². The lowest BCUT2D eigenvalue weighted by Gasteiger charge is -2.03. The topological polar surface area (TPSA) is 64.9 Å². The molecule has 4 nitrogen and oxygen atoms in total. The average molecular weight is 219 g/mol. The Kier molecular flexibility index (Phi) is 4.04. The molecule has 0 aliphatic carbocycles. The Morgan fingerprint density at radius 3 is 2.56 bits per heavy atom. The van der Waals surface area contributed by atoms with Gasteiger partial charge in [-0.2, -0.15) is 5.26 Å². The van der Waals surface area contributed by atoms with E-state index in [2.05, 4.69) is 10.6 Å². The van der Waals surface area contributed by atoms with Gasteiger partial charge in [0.1, 0.15) is 17.5 Å². The summed E-state index contributed by atoms with van der Waals surface area (Å²) in [6, 6.07) is 7.03. The van der Waals surface area contributed by atoms with Crippen molar-refractivity contribution in [3.8, 4) is 6.07 Å². The van der Waals surface area contributed by atoms with Crippen molar-refractivity contribution < 1.29 is 9.18 Å². The van der Waals surface area contributed by atoms with Crippen molar-refractivity contribution in [1.82, 2.24) is 5.32 Å². The maximum Gasteiger partial charge on any atom is 0.267 e. The van der Waals surface area contributed by atoms with Crippen molar-refractivity contribution in [1.29, 1.82) is 5.26 Å². The molecule has 0 aromatic heterocycles. The number of nitrogens with zero attached hydrogens (tertiary/aromatic N) is 1. The number of anilines is 1. The molecule has 0 saturated carbocycles. The van der Waals surface area contributed by atoms with Gasteiger partial charge in [-0.05, 0) is 24.3 Å². The summed E-state index contributed by atoms with van der Waals surface area (Å²) in [5.74, 6) is -0.923. The van der Waals surface area contributed by atoms with E-state index >= 15 is 0 Å². The quantitative estimate of drug-likeness (QED) is 0.596. The minimum Gasteiger partial charge on any atom is -0.393 e. The molecular weight excluding hydrogens is 209 g/mol. The zero-order chi connectivity index (χ0) is 12.0. The average Bonchev–Trinajstić information content (AvgIpc) is 2.29. The second kappa shape index (κ2) is 5.51. The maximum atomic E-state index is 12.6. The van der Waals surface area contributed by atoms with Gasteiger partial charge < -0.3 is 10.6 Å². The fourth-order valence-electron chi connectivity index (χ4n) is 1.02. The van der Waals surface area contributed by atoms with Gasteiger partial charge in [0.2, 0.25) is 0 Å². The van der Waals surface area contributed by atoms with Gasteiger partial charge in [-0.3, -0.25) is 4.79 Å². The molecule has 1 aromatic carbocycles. The van der Waals surface area contributed by atoms with E-state index in [1.54, 1.807) is 13.1 Å². The van der Waals surface area contributed by atoms with Crippen LogP contribution in [0.4, 0.5) is 10.1 Å². The lowest BCUT2D eigenvalue weighted by atomic mass is 10.2. The Labute approximate surface area is 92.4 Å². The zero-order valence-electron chi connectivity index (χ0n) is 8.62. The first-order valence-corrected chi connectivity index (χ1v) is 4.52. The van der Waals surface area contributed by atoms with Gasteiger partial charge >= 0.3 is 0 Å². The highest BCUT2D eigenvalue weighted by Gasteiger charge is 2.08. The lowest BCUT2D eigenvalue weighted by molar-refractivity contribution is -0.112. The molecule has 0 bridgehead atoms. The van der Waals surface area contributed by atoms with Crippen molar-refractivity contribution in [3.05, 3.63) is 41.9 Å². The normalized spacial score (nSPS) is 10.4. The van der Waals surface area contributed by atoms with E-state index in [-0.39, 0.29) is 11.4 Å². The molecule has 0 aliphatic rings. The van der Waals surface area contributed by atoms with E-state index in [0.717, 1.165) is 0 Å². The van der Waals surface area contributed by atoms with E-state index in [0.29, 0.717) is 5.69 Å². The summed E-state index contributed by atoms with van der Waals surface area (Å²) < 4.78 is 12.6. The standard InChI is InChI=1S/C11H10FN3O/c1-14-7-8(6-13)11(16)15-10-4-2-9(12)3-5-10/h2-5,7,14H,1H3,(H,15,16)/b8-7-. The van der Waals surface area contributed by atoms with Crippen LogP contribution in [0.1, 0.15) is 0 Å². The molecule has 0 saturated heterocycles. The Balaban J connectivity index is 2.75. The zero-order valence-corrected chi connectivity index (χ0v) is 8.62. The summed E-state index contributed by atoms with van der Waals surface area (Å²) in [5, 5.41) is 13.7. The van der Waals surface area contributed by atoms with Crippen LogP contribution in [0.25, 0.3) is 0 Å². The van der Waals surface area contributed by atoms with Gasteiger partial charge in [-0.15, -0.1) is 0 Å². The maximum absolute atomic E-state index is 12.6. The monoisotopic (exact) mass is 219 g/mol. The molecule has 1 aromatic rings. The van der Waals surface area contributed by atoms with E-state index in [1.807, 2.05) is 0 Å². The highest BCUT2D eigenvalue weighted by Crippen LogP contribution is 2.09. The summed E-state index contributed by atoms with van der Waals surface area (Å²) in [7, 11) is 1.59. The van der Waals surface area contributed by atoms with Crippen LogP contribution in [0.5, 0.6) is 0 Å². The number of carbonyl (C=O) groups excluding carboxylic acids is 1. The van der Waals surface area contributed by atoms with Gasteiger partial charge in [0.25, 0.3) is 5.91 Å². The molecule has 82 valence electrons. The number of nitrogens with one attached hydrogen (secondary N) is 2. The molecule has 0 heterocycles. The molecule has 0 aliphatic heterocycles. The molecule has 0 radical (unpaired) electrons. The number of rotatable bonds is 3. The number of hydrogen-bond donors (Lipinski definition) is 2. The highest BCUT2D eigenvalue weighted by atomic mass is 19.1. The number of hydrogen-bond acceptors (Lipinski definition) is 3. The minimum atomic E-state index is -0.538. The number of amides is 1. The summed E-state index contributed by atoms with van der Waals surface area (Å²) in [4.78, 5) is 11.5. The Bertz CT molecular complexity index is 445. The summed E-state index contributed by atoms with van der Waals surface area (Å²) in [5.41, 5.74) is 0.385. The van der Waals surface area contributed by atoms with Crippen LogP contribution in [0.2, 0.25) is 0 Å². The molecule has 2 N–H and O–H groups in total. The molecule has 0 unspecified atom stereocenters. The Morgan fingerprint density at radius 1 is 1.44 bits per heavy atom. The smallest absolute Gasteiger partial charge is 0.267 e. The van der Waals surface area contributed by atoms with Crippen molar-refractivity contribution >= 4 is 11.6 Å². The number of carbonyl (C=O) groups is 1. The SMILES string of the molecule is CN/C=C(/C#N)C(=O)Nc1ccc(F)cc1.